The molecule has 0 radical (unpaired) electrons. The smallest absolute Gasteiger partial charge is 0.119 e. The molecule has 0 bridgehead atoms. The van der Waals surface area contributed by atoms with E-state index in [4.69, 9.17) is 4.74 Å². The van der Waals surface area contributed by atoms with Crippen molar-refractivity contribution in [2.24, 2.45) is 0 Å². The molecule has 2 aromatic rings. The monoisotopic (exact) mass is 340 g/mol. The number of hydrogen-bond acceptors (Lipinski definition) is 4. The molecule has 1 heterocycles. The van der Waals surface area contributed by atoms with Crippen molar-refractivity contribution in [2.75, 3.05) is 44.7 Å². The number of ether oxygens (including phenoxy) is 1. The molecule has 0 spiro atoms. The summed E-state index contributed by atoms with van der Waals surface area (Å²) in [6, 6.07) is 14.5. The fourth-order valence-electron chi connectivity index (χ4n) is 3.52. The van der Waals surface area contributed by atoms with E-state index in [2.05, 4.69) is 54.0 Å². The molecule has 2 aromatic carbocycles. The summed E-state index contributed by atoms with van der Waals surface area (Å²) in [6.45, 7) is 8.74. The zero-order valence-electron chi connectivity index (χ0n) is 15.4. The topological polar surface area (TPSA) is 35.9 Å². The van der Waals surface area contributed by atoms with Crippen molar-refractivity contribution >= 4 is 5.69 Å². The van der Waals surface area contributed by atoms with Crippen LogP contribution >= 0.6 is 0 Å². The molecular formula is C21H28N2O2. The molecular weight excluding hydrogens is 312 g/mol. The molecule has 25 heavy (non-hydrogen) atoms. The van der Waals surface area contributed by atoms with Gasteiger partial charge in [0.1, 0.15) is 5.75 Å². The van der Waals surface area contributed by atoms with Gasteiger partial charge in [0.15, 0.2) is 0 Å². The molecule has 1 aliphatic rings. The quantitative estimate of drug-likeness (QED) is 0.907. The Bertz CT molecular complexity index is 692. The number of piperazine rings is 1. The van der Waals surface area contributed by atoms with E-state index in [9.17, 15) is 5.11 Å². The van der Waals surface area contributed by atoms with Gasteiger partial charge in [-0.2, -0.15) is 0 Å². The van der Waals surface area contributed by atoms with Crippen LogP contribution in [-0.4, -0.2) is 49.8 Å². The van der Waals surface area contributed by atoms with E-state index in [1.807, 2.05) is 12.1 Å². The maximum absolute atomic E-state index is 10.6. The summed E-state index contributed by atoms with van der Waals surface area (Å²) in [4.78, 5) is 4.74. The molecule has 4 nitrogen and oxygen atoms in total. The second-order valence-corrected chi connectivity index (χ2v) is 6.86. The number of aliphatic hydroxyl groups excluding tert-OH is 1. The Morgan fingerprint density at radius 1 is 1.00 bits per heavy atom. The molecule has 134 valence electrons. The van der Waals surface area contributed by atoms with Gasteiger partial charge < -0.3 is 14.7 Å². The fraction of sp³-hybridized carbons (Fsp3) is 0.429. The minimum absolute atomic E-state index is 0.423. The zero-order valence-corrected chi connectivity index (χ0v) is 15.4. The third-order valence-electron chi connectivity index (χ3n) is 5.03. The lowest BCUT2D eigenvalue weighted by Gasteiger charge is -2.37. The van der Waals surface area contributed by atoms with Crippen LogP contribution in [0, 0.1) is 13.8 Å². The average Bonchev–Trinajstić information content (AvgIpc) is 2.62. The maximum atomic E-state index is 10.6. The number of nitrogens with zero attached hydrogens (tertiary/aromatic N) is 2. The van der Waals surface area contributed by atoms with Gasteiger partial charge in [-0.05, 0) is 49.2 Å². The van der Waals surface area contributed by atoms with Crippen molar-refractivity contribution in [3.05, 3.63) is 59.2 Å². The highest BCUT2D eigenvalue weighted by Crippen LogP contribution is 2.23. The standard InChI is InChI=1S/C21H28N2O2/c1-16-4-9-20(17(2)14-16)21(24)15-22-10-12-23(13-11-22)18-5-7-19(25-3)8-6-18/h4-9,14,21,24H,10-13,15H2,1-3H3/t21-/m1/s1. The summed E-state index contributed by atoms with van der Waals surface area (Å²) >= 11 is 0. The van der Waals surface area contributed by atoms with Crippen molar-refractivity contribution in [1.29, 1.82) is 0 Å². The van der Waals surface area contributed by atoms with Crippen LogP contribution in [-0.2, 0) is 0 Å². The van der Waals surface area contributed by atoms with Crippen LogP contribution in [0.25, 0.3) is 0 Å². The van der Waals surface area contributed by atoms with Crippen molar-refractivity contribution < 1.29 is 9.84 Å². The summed E-state index contributed by atoms with van der Waals surface area (Å²) in [5.74, 6) is 0.888. The van der Waals surface area contributed by atoms with Gasteiger partial charge in [0.05, 0.1) is 13.2 Å². The van der Waals surface area contributed by atoms with Gasteiger partial charge in [-0.25, -0.2) is 0 Å². The van der Waals surface area contributed by atoms with Crippen LogP contribution in [0.15, 0.2) is 42.5 Å². The highest BCUT2D eigenvalue weighted by molar-refractivity contribution is 5.49. The van der Waals surface area contributed by atoms with Crippen LogP contribution in [0.5, 0.6) is 5.75 Å². The van der Waals surface area contributed by atoms with Gasteiger partial charge in [0.2, 0.25) is 0 Å². The highest BCUT2D eigenvalue weighted by Gasteiger charge is 2.21. The molecule has 4 heteroatoms. The lowest BCUT2D eigenvalue weighted by molar-refractivity contribution is 0.109. The van der Waals surface area contributed by atoms with Crippen LogP contribution in [0.4, 0.5) is 5.69 Å². The van der Waals surface area contributed by atoms with E-state index in [1.165, 1.54) is 16.8 Å². The van der Waals surface area contributed by atoms with Gasteiger partial charge in [-0.1, -0.05) is 23.8 Å². The summed E-state index contributed by atoms with van der Waals surface area (Å²) in [5.41, 5.74) is 4.68. The van der Waals surface area contributed by atoms with Gasteiger partial charge in [0, 0.05) is 38.4 Å². The first-order valence-electron chi connectivity index (χ1n) is 8.93. The molecule has 0 aromatic heterocycles. The van der Waals surface area contributed by atoms with Gasteiger partial charge in [-0.3, -0.25) is 4.90 Å². The summed E-state index contributed by atoms with van der Waals surface area (Å²) in [7, 11) is 1.69. The fourth-order valence-corrected chi connectivity index (χ4v) is 3.52. The molecule has 3 rings (SSSR count). The first kappa shape index (κ1) is 17.8. The van der Waals surface area contributed by atoms with Gasteiger partial charge in [-0.15, -0.1) is 0 Å². The summed E-state index contributed by atoms with van der Waals surface area (Å²) in [6.07, 6.45) is -0.423. The van der Waals surface area contributed by atoms with Crippen LogP contribution in [0.2, 0.25) is 0 Å². The van der Waals surface area contributed by atoms with Gasteiger partial charge in [0.25, 0.3) is 0 Å². The predicted octanol–water partition coefficient (Wildman–Crippen LogP) is 3.17. The normalized spacial score (nSPS) is 16.7. The third-order valence-corrected chi connectivity index (χ3v) is 5.03. The first-order valence-corrected chi connectivity index (χ1v) is 8.93. The molecule has 0 saturated carbocycles. The van der Waals surface area contributed by atoms with Gasteiger partial charge >= 0.3 is 0 Å². The summed E-state index contributed by atoms with van der Waals surface area (Å²) < 4.78 is 5.22. The Morgan fingerprint density at radius 3 is 2.28 bits per heavy atom. The second kappa shape index (κ2) is 7.89. The first-order chi connectivity index (χ1) is 12.1. The van der Waals surface area contributed by atoms with Crippen molar-refractivity contribution in [1.82, 2.24) is 4.90 Å². The number of benzene rings is 2. The largest absolute Gasteiger partial charge is 0.497 e. The molecule has 1 atom stereocenters. The number of aryl methyl sites for hydroxylation is 2. The van der Waals surface area contributed by atoms with E-state index >= 15 is 0 Å². The number of methoxy groups -OCH3 is 1. The Labute approximate surface area is 150 Å². The Balaban J connectivity index is 1.55. The molecule has 0 unspecified atom stereocenters. The molecule has 1 saturated heterocycles. The average molecular weight is 340 g/mol. The minimum Gasteiger partial charge on any atom is -0.497 e. The highest BCUT2D eigenvalue weighted by atomic mass is 16.5. The van der Waals surface area contributed by atoms with Crippen molar-refractivity contribution in [3.63, 3.8) is 0 Å². The Hall–Kier alpha value is -2.04. The second-order valence-electron chi connectivity index (χ2n) is 6.86. The maximum Gasteiger partial charge on any atom is 0.119 e. The number of anilines is 1. The van der Waals surface area contributed by atoms with Crippen molar-refractivity contribution in [2.45, 2.75) is 20.0 Å². The number of β-amino-alcohol motifs (C(OH)–C–C–N with tert-alkyl or cyclic N) is 1. The minimum atomic E-state index is -0.423. The molecule has 0 aliphatic carbocycles. The van der Waals surface area contributed by atoms with E-state index < -0.39 is 6.10 Å². The van der Waals surface area contributed by atoms with Crippen LogP contribution in [0.3, 0.4) is 0 Å². The number of hydrogen-bond donors (Lipinski definition) is 1. The van der Waals surface area contributed by atoms with E-state index in [0.29, 0.717) is 6.54 Å². The van der Waals surface area contributed by atoms with E-state index in [0.717, 1.165) is 37.5 Å². The summed E-state index contributed by atoms with van der Waals surface area (Å²) in [5, 5.41) is 10.6. The lowest BCUT2D eigenvalue weighted by Crippen LogP contribution is -2.47. The predicted molar refractivity (Wildman–Crippen MR) is 103 cm³/mol. The Kier molecular flexibility index (Phi) is 5.61. The lowest BCUT2D eigenvalue weighted by atomic mass is 10.0. The van der Waals surface area contributed by atoms with E-state index in [-0.39, 0.29) is 0 Å². The van der Waals surface area contributed by atoms with Crippen LogP contribution < -0.4 is 9.64 Å². The Morgan fingerprint density at radius 2 is 1.68 bits per heavy atom. The molecule has 1 fully saturated rings. The number of aliphatic hydroxyl groups is 1. The van der Waals surface area contributed by atoms with Crippen molar-refractivity contribution in [3.8, 4) is 5.75 Å². The molecule has 1 N–H and O–H groups in total. The van der Waals surface area contributed by atoms with Crippen LogP contribution in [0.1, 0.15) is 22.8 Å². The zero-order chi connectivity index (χ0) is 17.8. The molecule has 1 aliphatic heterocycles. The number of rotatable bonds is 5. The van der Waals surface area contributed by atoms with E-state index in [1.54, 1.807) is 7.11 Å². The SMILES string of the molecule is COc1ccc(N2CCN(C[C@@H](O)c3ccc(C)cc3C)CC2)cc1. The third kappa shape index (κ3) is 4.33. The molecule has 0 amide bonds.